The summed E-state index contributed by atoms with van der Waals surface area (Å²) in [6.07, 6.45) is 11.3. The molecule has 0 aromatic rings. The van der Waals surface area contributed by atoms with Crippen LogP contribution < -0.4 is 5.73 Å². The molecule has 2 aliphatic rings. The van der Waals surface area contributed by atoms with Crippen molar-refractivity contribution in [1.82, 2.24) is 0 Å². The highest BCUT2D eigenvalue weighted by molar-refractivity contribution is 4.87. The molecule has 0 heterocycles. The summed E-state index contributed by atoms with van der Waals surface area (Å²) < 4.78 is 0. The standard InChI is InChI=1S/C15H29N/c1-3-12-5-7-13(8-6-12)14-10-11(2)4-9-15(14)16/h11-15H,3-10,16H2,1-2H3. The van der Waals surface area contributed by atoms with E-state index in [-0.39, 0.29) is 0 Å². The van der Waals surface area contributed by atoms with Gasteiger partial charge in [0.1, 0.15) is 0 Å². The van der Waals surface area contributed by atoms with E-state index in [2.05, 4.69) is 13.8 Å². The normalized spacial score (nSPS) is 45.6. The van der Waals surface area contributed by atoms with Crippen molar-refractivity contribution in [1.29, 1.82) is 0 Å². The van der Waals surface area contributed by atoms with Crippen molar-refractivity contribution in [3.63, 3.8) is 0 Å². The molecular formula is C15H29N. The van der Waals surface area contributed by atoms with Gasteiger partial charge in [0.15, 0.2) is 0 Å². The third-order valence-electron chi connectivity index (χ3n) is 5.29. The third kappa shape index (κ3) is 2.80. The zero-order valence-corrected chi connectivity index (χ0v) is 11.1. The molecule has 1 nitrogen and oxygen atoms in total. The molecule has 94 valence electrons. The van der Waals surface area contributed by atoms with Gasteiger partial charge in [0, 0.05) is 6.04 Å². The summed E-state index contributed by atoms with van der Waals surface area (Å²) in [5.74, 6) is 3.75. The lowest BCUT2D eigenvalue weighted by Gasteiger charge is -2.41. The molecule has 1 heteroatoms. The molecule has 0 amide bonds. The van der Waals surface area contributed by atoms with E-state index >= 15 is 0 Å². The van der Waals surface area contributed by atoms with Crippen LogP contribution in [0.25, 0.3) is 0 Å². The second kappa shape index (κ2) is 5.53. The Bertz CT molecular complexity index is 205. The van der Waals surface area contributed by atoms with Gasteiger partial charge in [0.05, 0.1) is 0 Å². The van der Waals surface area contributed by atoms with Crippen molar-refractivity contribution in [2.75, 3.05) is 0 Å². The summed E-state index contributed by atoms with van der Waals surface area (Å²) in [5, 5.41) is 0. The van der Waals surface area contributed by atoms with Crippen molar-refractivity contribution < 1.29 is 0 Å². The van der Waals surface area contributed by atoms with Gasteiger partial charge < -0.3 is 5.73 Å². The van der Waals surface area contributed by atoms with Crippen molar-refractivity contribution in [3.05, 3.63) is 0 Å². The van der Waals surface area contributed by atoms with Crippen LogP contribution in [0.4, 0.5) is 0 Å². The Hall–Kier alpha value is -0.0400. The van der Waals surface area contributed by atoms with Crippen LogP contribution in [-0.4, -0.2) is 6.04 Å². The first-order chi connectivity index (χ1) is 7.70. The summed E-state index contributed by atoms with van der Waals surface area (Å²) in [6, 6.07) is 0.513. The average Bonchev–Trinajstić information content (AvgIpc) is 2.32. The van der Waals surface area contributed by atoms with Gasteiger partial charge in [-0.2, -0.15) is 0 Å². The monoisotopic (exact) mass is 223 g/mol. The predicted molar refractivity (Wildman–Crippen MR) is 70.2 cm³/mol. The van der Waals surface area contributed by atoms with Gasteiger partial charge in [-0.15, -0.1) is 0 Å². The Morgan fingerprint density at radius 1 is 1.00 bits per heavy atom. The molecule has 2 rings (SSSR count). The van der Waals surface area contributed by atoms with Crippen LogP contribution in [0.15, 0.2) is 0 Å². The second-order valence-corrected chi connectivity index (χ2v) is 6.43. The van der Waals surface area contributed by atoms with Crippen LogP contribution in [0.3, 0.4) is 0 Å². The molecular weight excluding hydrogens is 194 g/mol. The van der Waals surface area contributed by atoms with Crippen LogP contribution >= 0.6 is 0 Å². The lowest BCUT2D eigenvalue weighted by atomic mass is 9.67. The molecule has 0 spiro atoms. The second-order valence-electron chi connectivity index (χ2n) is 6.43. The molecule has 2 aliphatic carbocycles. The zero-order valence-electron chi connectivity index (χ0n) is 11.1. The van der Waals surface area contributed by atoms with Crippen LogP contribution in [0.5, 0.6) is 0 Å². The fourth-order valence-electron chi connectivity index (χ4n) is 4.01. The highest BCUT2D eigenvalue weighted by Gasteiger charge is 2.34. The summed E-state index contributed by atoms with van der Waals surface area (Å²) >= 11 is 0. The maximum Gasteiger partial charge on any atom is 0.00700 e. The first-order valence-electron chi connectivity index (χ1n) is 7.46. The van der Waals surface area contributed by atoms with E-state index in [1.807, 2.05) is 0 Å². The topological polar surface area (TPSA) is 26.0 Å². The van der Waals surface area contributed by atoms with Crippen molar-refractivity contribution in [3.8, 4) is 0 Å². The highest BCUT2D eigenvalue weighted by Crippen LogP contribution is 2.41. The van der Waals surface area contributed by atoms with Crippen molar-refractivity contribution in [2.24, 2.45) is 29.4 Å². The first-order valence-corrected chi connectivity index (χ1v) is 7.46. The zero-order chi connectivity index (χ0) is 11.5. The lowest BCUT2D eigenvalue weighted by molar-refractivity contribution is 0.124. The summed E-state index contributed by atoms with van der Waals surface area (Å²) in [7, 11) is 0. The molecule has 2 saturated carbocycles. The van der Waals surface area contributed by atoms with Gasteiger partial charge in [-0.25, -0.2) is 0 Å². The van der Waals surface area contributed by atoms with Gasteiger partial charge in [-0.1, -0.05) is 33.1 Å². The van der Waals surface area contributed by atoms with E-state index < -0.39 is 0 Å². The molecule has 2 fully saturated rings. The minimum Gasteiger partial charge on any atom is -0.327 e. The Morgan fingerprint density at radius 3 is 2.31 bits per heavy atom. The number of rotatable bonds is 2. The maximum atomic E-state index is 6.34. The average molecular weight is 223 g/mol. The van der Waals surface area contributed by atoms with E-state index in [0.29, 0.717) is 6.04 Å². The maximum absolute atomic E-state index is 6.34. The summed E-state index contributed by atoms with van der Waals surface area (Å²) in [6.45, 7) is 4.76. The van der Waals surface area contributed by atoms with E-state index in [4.69, 9.17) is 5.73 Å². The van der Waals surface area contributed by atoms with Crippen LogP contribution in [0, 0.1) is 23.7 Å². The Balaban J connectivity index is 1.87. The van der Waals surface area contributed by atoms with Gasteiger partial charge in [-0.3, -0.25) is 0 Å². The Labute approximate surface area is 101 Å². The fourth-order valence-corrected chi connectivity index (χ4v) is 4.01. The SMILES string of the molecule is CCC1CCC(C2CC(C)CCC2N)CC1. The molecule has 3 unspecified atom stereocenters. The summed E-state index contributed by atoms with van der Waals surface area (Å²) in [5.41, 5.74) is 6.34. The highest BCUT2D eigenvalue weighted by atomic mass is 14.7. The molecule has 0 aliphatic heterocycles. The van der Waals surface area contributed by atoms with Crippen molar-refractivity contribution >= 4 is 0 Å². The van der Waals surface area contributed by atoms with Crippen LogP contribution in [0.1, 0.15) is 65.2 Å². The lowest BCUT2D eigenvalue weighted by Crippen LogP contribution is -2.40. The minimum absolute atomic E-state index is 0.513. The molecule has 16 heavy (non-hydrogen) atoms. The summed E-state index contributed by atoms with van der Waals surface area (Å²) in [4.78, 5) is 0. The molecule has 3 atom stereocenters. The minimum atomic E-state index is 0.513. The van der Waals surface area contributed by atoms with Crippen LogP contribution in [0.2, 0.25) is 0 Å². The van der Waals surface area contributed by atoms with Gasteiger partial charge >= 0.3 is 0 Å². The third-order valence-corrected chi connectivity index (χ3v) is 5.29. The Morgan fingerprint density at radius 2 is 1.69 bits per heavy atom. The number of nitrogens with two attached hydrogens (primary N) is 1. The van der Waals surface area contributed by atoms with Crippen molar-refractivity contribution in [2.45, 2.75) is 71.3 Å². The number of hydrogen-bond acceptors (Lipinski definition) is 1. The quantitative estimate of drug-likeness (QED) is 0.753. The van der Waals surface area contributed by atoms with Gasteiger partial charge in [0.25, 0.3) is 0 Å². The van der Waals surface area contributed by atoms with E-state index in [9.17, 15) is 0 Å². The van der Waals surface area contributed by atoms with Crippen LogP contribution in [-0.2, 0) is 0 Å². The molecule has 0 saturated heterocycles. The fraction of sp³-hybridized carbons (Fsp3) is 1.00. The van der Waals surface area contributed by atoms with E-state index in [1.54, 1.807) is 0 Å². The van der Waals surface area contributed by atoms with E-state index in [1.165, 1.54) is 51.4 Å². The van der Waals surface area contributed by atoms with Gasteiger partial charge in [-0.05, 0) is 55.8 Å². The molecule has 0 aromatic heterocycles. The van der Waals surface area contributed by atoms with Gasteiger partial charge in [0.2, 0.25) is 0 Å². The molecule has 0 radical (unpaired) electrons. The molecule has 0 bridgehead atoms. The van der Waals surface area contributed by atoms with E-state index in [0.717, 1.165) is 23.7 Å². The number of hydrogen-bond donors (Lipinski definition) is 1. The smallest absolute Gasteiger partial charge is 0.00700 e. The molecule has 0 aromatic carbocycles. The Kier molecular flexibility index (Phi) is 4.29. The predicted octanol–water partition coefficient (Wildman–Crippen LogP) is 3.97. The first kappa shape index (κ1) is 12.4. The molecule has 2 N–H and O–H groups in total. The largest absolute Gasteiger partial charge is 0.327 e.